The van der Waals surface area contributed by atoms with E-state index >= 15 is 0 Å². The molecule has 0 aromatic heterocycles. The fourth-order valence-electron chi connectivity index (χ4n) is 4.41. The highest BCUT2D eigenvalue weighted by Gasteiger charge is 2.12. The summed E-state index contributed by atoms with van der Waals surface area (Å²) in [6.45, 7) is 4.78. The summed E-state index contributed by atoms with van der Waals surface area (Å²) in [5.41, 5.74) is 0.772. The Kier molecular flexibility index (Phi) is 17.4. The Labute approximate surface area is 240 Å². The van der Waals surface area contributed by atoms with Crippen molar-refractivity contribution in [2.75, 3.05) is 13.2 Å². The van der Waals surface area contributed by atoms with Gasteiger partial charge in [0.15, 0.2) is 0 Å². The van der Waals surface area contributed by atoms with E-state index in [0.29, 0.717) is 35.7 Å². The van der Waals surface area contributed by atoms with Gasteiger partial charge in [0, 0.05) is 0 Å². The van der Waals surface area contributed by atoms with Gasteiger partial charge >= 0.3 is 11.9 Å². The molecule has 5 nitrogen and oxygen atoms in total. The Morgan fingerprint density at radius 2 is 1.10 bits per heavy atom. The first-order valence-electron chi connectivity index (χ1n) is 15.4. The zero-order valence-corrected chi connectivity index (χ0v) is 24.6. The van der Waals surface area contributed by atoms with Gasteiger partial charge in [-0.15, -0.1) is 0 Å². The molecule has 6 heteroatoms. The summed E-state index contributed by atoms with van der Waals surface area (Å²) in [5.74, 6) is -0.0589. The van der Waals surface area contributed by atoms with E-state index in [1.54, 1.807) is 48.5 Å². The number of carbonyl (C=O) groups excluding carboxylic acids is 2. The van der Waals surface area contributed by atoms with Crippen LogP contribution in [0.4, 0.5) is 4.39 Å². The summed E-state index contributed by atoms with van der Waals surface area (Å²) in [5, 5.41) is 0. The number of alkyl halides is 1. The van der Waals surface area contributed by atoms with E-state index in [2.05, 4.69) is 13.8 Å². The van der Waals surface area contributed by atoms with Crippen molar-refractivity contribution >= 4 is 11.9 Å². The van der Waals surface area contributed by atoms with Crippen molar-refractivity contribution in [2.24, 2.45) is 0 Å². The number of ether oxygens (including phenoxy) is 3. The van der Waals surface area contributed by atoms with Crippen LogP contribution in [0.25, 0.3) is 0 Å². The zero-order valence-electron chi connectivity index (χ0n) is 24.6. The predicted molar refractivity (Wildman–Crippen MR) is 159 cm³/mol. The first-order chi connectivity index (χ1) is 19.5. The SMILES string of the molecule is CCCCCCCCCCCCOC(=O)c1ccc(OC(=O)c2ccc(OCC(F)CCCCCC)cc2)cc1. The van der Waals surface area contributed by atoms with Gasteiger partial charge in [0.05, 0.1) is 17.7 Å². The molecule has 2 aromatic rings. The average Bonchev–Trinajstić information content (AvgIpc) is 2.97. The third kappa shape index (κ3) is 14.5. The molecule has 0 fully saturated rings. The summed E-state index contributed by atoms with van der Waals surface area (Å²) in [6.07, 6.45) is 16.0. The third-order valence-electron chi connectivity index (χ3n) is 6.92. The smallest absolute Gasteiger partial charge is 0.343 e. The zero-order chi connectivity index (χ0) is 28.8. The molecule has 0 saturated heterocycles. The van der Waals surface area contributed by atoms with Crippen LogP contribution >= 0.6 is 0 Å². The highest BCUT2D eigenvalue weighted by molar-refractivity contribution is 5.92. The van der Waals surface area contributed by atoms with Crippen LogP contribution in [0.1, 0.15) is 131 Å². The highest BCUT2D eigenvalue weighted by atomic mass is 19.1. The second kappa shape index (κ2) is 20.9. The number of hydrogen-bond donors (Lipinski definition) is 0. The maximum Gasteiger partial charge on any atom is 0.343 e. The van der Waals surface area contributed by atoms with E-state index in [1.165, 1.54) is 51.4 Å². The summed E-state index contributed by atoms with van der Waals surface area (Å²) in [6, 6.07) is 12.8. The predicted octanol–water partition coefficient (Wildman–Crippen LogP) is 9.67. The fraction of sp³-hybridized carbons (Fsp3) is 0.588. The molecule has 222 valence electrons. The van der Waals surface area contributed by atoms with Crippen LogP contribution in [0.15, 0.2) is 48.5 Å². The molecule has 0 aliphatic rings. The Hall–Kier alpha value is -2.89. The van der Waals surface area contributed by atoms with Crippen LogP contribution in [0.3, 0.4) is 0 Å². The van der Waals surface area contributed by atoms with Crippen molar-refractivity contribution in [3.05, 3.63) is 59.7 Å². The topological polar surface area (TPSA) is 61.8 Å². The summed E-state index contributed by atoms with van der Waals surface area (Å²) in [4.78, 5) is 24.8. The van der Waals surface area contributed by atoms with Crippen LogP contribution in [-0.2, 0) is 4.74 Å². The lowest BCUT2D eigenvalue weighted by atomic mass is 10.1. The maximum absolute atomic E-state index is 14.0. The van der Waals surface area contributed by atoms with Gasteiger partial charge in [0.2, 0.25) is 0 Å². The highest BCUT2D eigenvalue weighted by Crippen LogP contribution is 2.18. The van der Waals surface area contributed by atoms with Crippen LogP contribution in [-0.4, -0.2) is 31.3 Å². The van der Waals surface area contributed by atoms with Gasteiger partial charge in [-0.1, -0.05) is 97.3 Å². The number of rotatable bonds is 22. The van der Waals surface area contributed by atoms with E-state index < -0.39 is 12.1 Å². The molecular weight excluding hydrogens is 507 g/mol. The van der Waals surface area contributed by atoms with Crippen molar-refractivity contribution in [1.82, 2.24) is 0 Å². The Balaban J connectivity index is 1.63. The minimum atomic E-state index is -0.999. The van der Waals surface area contributed by atoms with Crippen molar-refractivity contribution in [2.45, 2.75) is 116 Å². The fourth-order valence-corrected chi connectivity index (χ4v) is 4.41. The minimum Gasteiger partial charge on any atom is -0.491 e. The van der Waals surface area contributed by atoms with Crippen molar-refractivity contribution in [3.8, 4) is 11.5 Å². The first kappa shape index (κ1) is 33.3. The Morgan fingerprint density at radius 3 is 1.68 bits per heavy atom. The van der Waals surface area contributed by atoms with Gasteiger partial charge in [-0.2, -0.15) is 0 Å². The van der Waals surface area contributed by atoms with Gasteiger partial charge in [0.1, 0.15) is 24.3 Å². The van der Waals surface area contributed by atoms with Gasteiger partial charge < -0.3 is 14.2 Å². The molecule has 0 saturated carbocycles. The molecule has 0 N–H and O–H groups in total. The standard InChI is InChI=1S/C34H49FO5/c1-3-5-7-9-10-11-12-13-14-16-26-38-33(36)28-20-24-32(25-21-28)40-34(37)29-18-22-31(23-19-29)39-27-30(35)17-15-8-6-4-2/h18-25,30H,3-17,26-27H2,1-2H3. The van der Waals surface area contributed by atoms with Crippen LogP contribution in [0.5, 0.6) is 11.5 Å². The molecule has 0 spiro atoms. The second-order valence-corrected chi connectivity index (χ2v) is 10.5. The number of hydrogen-bond acceptors (Lipinski definition) is 5. The molecule has 0 aliphatic heterocycles. The first-order valence-corrected chi connectivity index (χ1v) is 15.4. The largest absolute Gasteiger partial charge is 0.491 e. The Morgan fingerprint density at radius 1 is 0.625 bits per heavy atom. The van der Waals surface area contributed by atoms with Crippen LogP contribution in [0.2, 0.25) is 0 Å². The average molecular weight is 557 g/mol. The molecule has 0 radical (unpaired) electrons. The number of unbranched alkanes of at least 4 members (excludes halogenated alkanes) is 12. The molecule has 40 heavy (non-hydrogen) atoms. The molecule has 0 amide bonds. The quantitative estimate of drug-likeness (QED) is 0.0821. The van der Waals surface area contributed by atoms with Crippen LogP contribution in [0, 0.1) is 0 Å². The van der Waals surface area contributed by atoms with E-state index in [1.807, 2.05) is 0 Å². The van der Waals surface area contributed by atoms with E-state index in [0.717, 1.165) is 38.5 Å². The normalized spacial score (nSPS) is 11.7. The van der Waals surface area contributed by atoms with Gasteiger partial charge in [-0.25, -0.2) is 14.0 Å². The lowest BCUT2D eigenvalue weighted by molar-refractivity contribution is 0.0497. The maximum atomic E-state index is 14.0. The molecule has 2 rings (SSSR count). The molecular formula is C34H49FO5. The molecule has 0 aliphatic carbocycles. The van der Waals surface area contributed by atoms with Crippen molar-refractivity contribution in [1.29, 1.82) is 0 Å². The number of esters is 2. The minimum absolute atomic E-state index is 0.00392. The van der Waals surface area contributed by atoms with Gasteiger partial charge in [0.25, 0.3) is 0 Å². The molecule has 1 atom stereocenters. The van der Waals surface area contributed by atoms with Crippen molar-refractivity contribution < 1.29 is 28.2 Å². The molecule has 2 aromatic carbocycles. The summed E-state index contributed by atoms with van der Waals surface area (Å²) < 4.78 is 30.3. The summed E-state index contributed by atoms with van der Waals surface area (Å²) in [7, 11) is 0. The van der Waals surface area contributed by atoms with Gasteiger partial charge in [-0.05, 0) is 61.4 Å². The lowest BCUT2D eigenvalue weighted by Gasteiger charge is -2.11. The van der Waals surface area contributed by atoms with E-state index in [-0.39, 0.29) is 12.6 Å². The molecule has 0 bridgehead atoms. The number of halogens is 1. The summed E-state index contributed by atoms with van der Waals surface area (Å²) >= 11 is 0. The Bertz CT molecular complexity index is 942. The monoisotopic (exact) mass is 556 g/mol. The number of benzene rings is 2. The molecule has 1 unspecified atom stereocenters. The third-order valence-corrected chi connectivity index (χ3v) is 6.92. The van der Waals surface area contributed by atoms with Crippen LogP contribution < -0.4 is 9.47 Å². The number of carbonyl (C=O) groups is 2. The van der Waals surface area contributed by atoms with E-state index in [9.17, 15) is 14.0 Å². The van der Waals surface area contributed by atoms with E-state index in [4.69, 9.17) is 14.2 Å². The van der Waals surface area contributed by atoms with Crippen molar-refractivity contribution in [3.63, 3.8) is 0 Å². The second-order valence-electron chi connectivity index (χ2n) is 10.5. The lowest BCUT2D eigenvalue weighted by Crippen LogP contribution is -2.13. The molecule has 0 heterocycles. The van der Waals surface area contributed by atoms with Gasteiger partial charge in [-0.3, -0.25) is 0 Å².